The minimum absolute atomic E-state index is 0.129. The smallest absolute Gasteiger partial charge is 0.244 e. The average Bonchev–Trinajstić information content (AvgIpc) is 2.77. The third-order valence-electron chi connectivity index (χ3n) is 5.27. The number of methoxy groups -OCH3 is 2. The van der Waals surface area contributed by atoms with Crippen molar-refractivity contribution in [1.82, 2.24) is 10.2 Å². The zero-order valence-electron chi connectivity index (χ0n) is 17.3. The van der Waals surface area contributed by atoms with Gasteiger partial charge in [-0.15, -0.1) is 0 Å². The zero-order valence-corrected chi connectivity index (χ0v) is 17.3. The number of piperidine rings is 1. The highest BCUT2D eigenvalue weighted by atomic mass is 16.5. The van der Waals surface area contributed by atoms with Crippen LogP contribution in [0.15, 0.2) is 48.5 Å². The average molecular weight is 395 g/mol. The maximum absolute atomic E-state index is 12.3. The molecular weight excluding hydrogens is 364 g/mol. The molecule has 1 aliphatic rings. The number of hydrogen-bond donors (Lipinski definition) is 1. The Hall–Kier alpha value is -2.79. The van der Waals surface area contributed by atoms with E-state index in [1.165, 1.54) is 36.5 Å². The van der Waals surface area contributed by atoms with Crippen LogP contribution in [0.1, 0.15) is 36.0 Å². The first-order valence-electron chi connectivity index (χ1n) is 10.2. The van der Waals surface area contributed by atoms with Gasteiger partial charge in [0.25, 0.3) is 0 Å². The van der Waals surface area contributed by atoms with Gasteiger partial charge in [-0.05, 0) is 55.3 Å². The lowest BCUT2D eigenvalue weighted by Crippen LogP contribution is -2.30. The van der Waals surface area contributed by atoms with Gasteiger partial charge in [0.15, 0.2) is 0 Å². The zero-order chi connectivity index (χ0) is 20.5. The van der Waals surface area contributed by atoms with Gasteiger partial charge in [-0.25, -0.2) is 0 Å². The van der Waals surface area contributed by atoms with Gasteiger partial charge in [0, 0.05) is 30.8 Å². The highest BCUT2D eigenvalue weighted by Crippen LogP contribution is 2.25. The number of carbonyl (C=O) groups excluding carboxylic acids is 1. The largest absolute Gasteiger partial charge is 0.497 e. The number of likely N-dealkylation sites (tertiary alicyclic amines) is 1. The van der Waals surface area contributed by atoms with E-state index >= 15 is 0 Å². The van der Waals surface area contributed by atoms with E-state index in [1.807, 2.05) is 18.2 Å². The lowest BCUT2D eigenvalue weighted by molar-refractivity contribution is -0.116. The Morgan fingerprint density at radius 1 is 1.03 bits per heavy atom. The molecule has 2 aromatic carbocycles. The third-order valence-corrected chi connectivity index (χ3v) is 5.27. The number of amides is 1. The second-order valence-corrected chi connectivity index (χ2v) is 7.26. The molecule has 1 aliphatic heterocycles. The summed E-state index contributed by atoms with van der Waals surface area (Å²) in [4.78, 5) is 14.8. The van der Waals surface area contributed by atoms with Crippen molar-refractivity contribution in [2.75, 3.05) is 27.3 Å². The van der Waals surface area contributed by atoms with Gasteiger partial charge in [0.2, 0.25) is 5.91 Å². The lowest BCUT2D eigenvalue weighted by Gasteiger charge is -2.27. The maximum atomic E-state index is 12.3. The topological polar surface area (TPSA) is 50.8 Å². The van der Waals surface area contributed by atoms with E-state index in [0.29, 0.717) is 18.0 Å². The molecule has 1 saturated heterocycles. The van der Waals surface area contributed by atoms with Crippen molar-refractivity contribution in [3.05, 3.63) is 65.2 Å². The summed E-state index contributed by atoms with van der Waals surface area (Å²) in [7, 11) is 3.21. The molecule has 1 heterocycles. The molecule has 154 valence electrons. The second-order valence-electron chi connectivity index (χ2n) is 7.26. The van der Waals surface area contributed by atoms with Gasteiger partial charge in [-0.3, -0.25) is 9.69 Å². The maximum Gasteiger partial charge on any atom is 0.244 e. The van der Waals surface area contributed by atoms with Crippen LogP contribution in [-0.2, 0) is 17.9 Å². The van der Waals surface area contributed by atoms with Gasteiger partial charge < -0.3 is 14.8 Å². The van der Waals surface area contributed by atoms with Crippen molar-refractivity contribution >= 4 is 12.0 Å². The fourth-order valence-electron chi connectivity index (χ4n) is 3.61. The van der Waals surface area contributed by atoms with Crippen LogP contribution in [0.3, 0.4) is 0 Å². The third kappa shape index (κ3) is 6.09. The predicted molar refractivity (Wildman–Crippen MR) is 116 cm³/mol. The molecule has 0 atom stereocenters. The molecule has 0 bridgehead atoms. The predicted octanol–water partition coefficient (Wildman–Crippen LogP) is 4.02. The minimum Gasteiger partial charge on any atom is -0.497 e. The molecule has 3 rings (SSSR count). The van der Waals surface area contributed by atoms with E-state index in [-0.39, 0.29) is 5.91 Å². The van der Waals surface area contributed by atoms with Crippen molar-refractivity contribution in [3.63, 3.8) is 0 Å². The summed E-state index contributed by atoms with van der Waals surface area (Å²) in [6, 6.07) is 13.9. The van der Waals surface area contributed by atoms with Gasteiger partial charge in [0.05, 0.1) is 14.2 Å². The fraction of sp³-hybridized carbons (Fsp3) is 0.375. The molecule has 0 unspecified atom stereocenters. The molecule has 1 amide bonds. The molecular formula is C24H30N2O3. The number of nitrogens with one attached hydrogen (secondary N) is 1. The number of nitrogens with zero attached hydrogens (tertiary/aromatic N) is 1. The van der Waals surface area contributed by atoms with Crippen molar-refractivity contribution in [2.45, 2.75) is 32.4 Å². The summed E-state index contributed by atoms with van der Waals surface area (Å²) in [5, 5.41) is 3.00. The summed E-state index contributed by atoms with van der Waals surface area (Å²) in [5.41, 5.74) is 3.28. The monoisotopic (exact) mass is 394 g/mol. The Morgan fingerprint density at radius 2 is 1.79 bits per heavy atom. The summed E-state index contributed by atoms with van der Waals surface area (Å²) in [5.74, 6) is 1.25. The van der Waals surface area contributed by atoms with Crippen LogP contribution >= 0.6 is 0 Å². The van der Waals surface area contributed by atoms with Crippen LogP contribution in [0.5, 0.6) is 11.5 Å². The van der Waals surface area contributed by atoms with Gasteiger partial charge in [-0.2, -0.15) is 0 Å². The minimum atomic E-state index is -0.129. The van der Waals surface area contributed by atoms with Crippen molar-refractivity contribution < 1.29 is 14.3 Å². The molecule has 0 radical (unpaired) electrons. The Kier molecular flexibility index (Phi) is 7.70. The number of rotatable bonds is 8. The van der Waals surface area contributed by atoms with Crippen molar-refractivity contribution in [3.8, 4) is 11.5 Å². The Morgan fingerprint density at radius 3 is 2.52 bits per heavy atom. The standard InChI is InChI=1S/C24H30N2O3/c1-28-22-12-10-19(23(16-22)29-2)11-13-24(27)25-17-20-8-4-5-9-21(20)18-26-14-6-3-7-15-26/h4-5,8-13,16H,3,6-7,14-15,17-18H2,1-2H3,(H,25,27)/b13-11+. The van der Waals surface area contributed by atoms with E-state index < -0.39 is 0 Å². The summed E-state index contributed by atoms with van der Waals surface area (Å²) >= 11 is 0. The first-order valence-corrected chi connectivity index (χ1v) is 10.2. The second kappa shape index (κ2) is 10.7. The number of carbonyl (C=O) groups is 1. The Balaban J connectivity index is 1.59. The molecule has 0 aliphatic carbocycles. The van der Waals surface area contributed by atoms with E-state index in [0.717, 1.165) is 25.2 Å². The normalized spacial score (nSPS) is 14.7. The van der Waals surface area contributed by atoms with Crippen molar-refractivity contribution in [1.29, 1.82) is 0 Å². The summed E-state index contributed by atoms with van der Waals surface area (Å²) < 4.78 is 10.6. The molecule has 0 spiro atoms. The summed E-state index contributed by atoms with van der Waals surface area (Å²) in [6.45, 7) is 3.79. The first-order chi connectivity index (χ1) is 14.2. The molecule has 2 aromatic rings. The lowest BCUT2D eigenvalue weighted by atomic mass is 10.0. The van der Waals surface area contributed by atoms with Gasteiger partial charge in [-0.1, -0.05) is 30.7 Å². The van der Waals surface area contributed by atoms with E-state index in [1.54, 1.807) is 26.4 Å². The SMILES string of the molecule is COc1ccc(/C=C/C(=O)NCc2ccccc2CN2CCCCC2)c(OC)c1. The molecule has 1 N–H and O–H groups in total. The van der Waals surface area contributed by atoms with Crippen LogP contribution in [0, 0.1) is 0 Å². The molecule has 0 saturated carbocycles. The van der Waals surface area contributed by atoms with Gasteiger partial charge in [0.1, 0.15) is 11.5 Å². The number of hydrogen-bond acceptors (Lipinski definition) is 4. The Bertz CT molecular complexity index is 842. The van der Waals surface area contributed by atoms with Crippen LogP contribution < -0.4 is 14.8 Å². The Labute approximate surface area is 173 Å². The highest BCUT2D eigenvalue weighted by molar-refractivity contribution is 5.92. The van der Waals surface area contributed by atoms with Crippen LogP contribution in [0.2, 0.25) is 0 Å². The molecule has 5 nitrogen and oxygen atoms in total. The molecule has 29 heavy (non-hydrogen) atoms. The van der Waals surface area contributed by atoms with Crippen LogP contribution in [-0.4, -0.2) is 38.1 Å². The fourth-order valence-corrected chi connectivity index (χ4v) is 3.61. The number of benzene rings is 2. The van der Waals surface area contributed by atoms with Crippen LogP contribution in [0.4, 0.5) is 0 Å². The van der Waals surface area contributed by atoms with E-state index in [4.69, 9.17) is 9.47 Å². The molecule has 1 fully saturated rings. The molecule has 5 heteroatoms. The van der Waals surface area contributed by atoms with E-state index in [9.17, 15) is 4.79 Å². The highest BCUT2D eigenvalue weighted by Gasteiger charge is 2.12. The quantitative estimate of drug-likeness (QED) is 0.687. The van der Waals surface area contributed by atoms with Gasteiger partial charge >= 0.3 is 0 Å². The number of ether oxygens (including phenoxy) is 2. The van der Waals surface area contributed by atoms with Crippen LogP contribution in [0.25, 0.3) is 6.08 Å². The first kappa shape index (κ1) is 20.9. The van der Waals surface area contributed by atoms with Crippen molar-refractivity contribution in [2.24, 2.45) is 0 Å². The molecule has 0 aromatic heterocycles. The summed E-state index contributed by atoms with van der Waals surface area (Å²) in [6.07, 6.45) is 7.18. The van der Waals surface area contributed by atoms with E-state index in [2.05, 4.69) is 28.4 Å².